The molecule has 0 atom stereocenters. The van der Waals surface area contributed by atoms with Gasteiger partial charge in [-0.05, 0) is 19.3 Å². The van der Waals surface area contributed by atoms with Gasteiger partial charge in [-0.25, -0.2) is 0 Å². The fourth-order valence-electron chi connectivity index (χ4n) is 5.97. The highest BCUT2D eigenvalue weighted by atomic mass is 16.5. The minimum atomic E-state index is 0.0104. The zero-order valence-corrected chi connectivity index (χ0v) is 29.1. The summed E-state index contributed by atoms with van der Waals surface area (Å²) in [5.41, 5.74) is 0. The fourth-order valence-corrected chi connectivity index (χ4v) is 5.97. The van der Waals surface area contributed by atoms with Gasteiger partial charge in [0.1, 0.15) is 13.2 Å². The molecule has 0 radical (unpaired) electrons. The Bertz CT molecular complexity index is 518. The molecule has 0 saturated carbocycles. The maximum absolute atomic E-state index is 12.1. The predicted octanol–water partition coefficient (Wildman–Crippen LogP) is 12.3. The third-order valence-corrected chi connectivity index (χ3v) is 9.06. The minimum Gasteiger partial charge on any atom is -0.460 e. The van der Waals surface area contributed by atoms with E-state index in [0.717, 1.165) is 17.4 Å². The highest BCUT2D eigenvalue weighted by molar-refractivity contribution is 5.69. The van der Waals surface area contributed by atoms with Crippen LogP contribution in [0.15, 0.2) is 0 Å². The Labute approximate surface area is 259 Å². The van der Waals surface area contributed by atoms with Crippen LogP contribution in [0.4, 0.5) is 0 Å². The number of carbonyl (C=O) groups is 1. The highest BCUT2D eigenvalue weighted by Gasteiger charge is 2.15. The molecule has 0 amide bonds. The van der Waals surface area contributed by atoms with Crippen LogP contribution in [0, 0.1) is 0 Å². The van der Waals surface area contributed by atoms with Gasteiger partial charge in [0, 0.05) is 6.42 Å². The summed E-state index contributed by atoms with van der Waals surface area (Å²) in [6.45, 7) is 7.28. The second-order valence-corrected chi connectivity index (χ2v) is 13.9. The summed E-state index contributed by atoms with van der Waals surface area (Å²) >= 11 is 0. The lowest BCUT2D eigenvalue weighted by molar-refractivity contribution is -0.890. The van der Waals surface area contributed by atoms with Gasteiger partial charge in [-0.15, -0.1) is 0 Å². The van der Waals surface area contributed by atoms with Crippen molar-refractivity contribution in [2.24, 2.45) is 0 Å². The van der Waals surface area contributed by atoms with E-state index in [1.807, 2.05) is 0 Å². The predicted molar refractivity (Wildman–Crippen MR) is 183 cm³/mol. The third-order valence-electron chi connectivity index (χ3n) is 9.06. The van der Waals surface area contributed by atoms with Crippen molar-refractivity contribution < 1.29 is 14.0 Å². The number of hydrogen-bond donors (Lipinski definition) is 0. The van der Waals surface area contributed by atoms with Crippen molar-refractivity contribution in [1.82, 2.24) is 0 Å². The molecule has 0 aliphatic carbocycles. The van der Waals surface area contributed by atoms with Crippen LogP contribution < -0.4 is 0 Å². The lowest BCUT2D eigenvalue weighted by Gasteiger charge is -2.29. The maximum Gasteiger partial charge on any atom is 0.305 e. The van der Waals surface area contributed by atoms with Gasteiger partial charge < -0.3 is 9.22 Å². The fraction of sp³-hybridized carbons (Fsp3) is 0.974. The Balaban J connectivity index is 3.39. The Morgan fingerprint density at radius 2 is 0.707 bits per heavy atom. The monoisotopic (exact) mass is 581 g/mol. The van der Waals surface area contributed by atoms with Gasteiger partial charge in [0.25, 0.3) is 0 Å². The number of esters is 1. The molecule has 3 heteroatoms. The number of unbranched alkanes of at least 4 members (excludes halogenated alkanes) is 27. The normalized spacial score (nSPS) is 11.8. The van der Waals surface area contributed by atoms with Crippen LogP contribution in [0.2, 0.25) is 0 Å². The molecule has 0 bridgehead atoms. The van der Waals surface area contributed by atoms with E-state index < -0.39 is 0 Å². The van der Waals surface area contributed by atoms with E-state index in [-0.39, 0.29) is 5.97 Å². The molecule has 0 aromatic carbocycles. The first-order valence-corrected chi connectivity index (χ1v) is 19.0. The molecular formula is C38H78NO2+. The molecule has 0 aromatic heterocycles. The van der Waals surface area contributed by atoms with Gasteiger partial charge in [-0.3, -0.25) is 4.79 Å². The van der Waals surface area contributed by atoms with Crippen LogP contribution in [0.25, 0.3) is 0 Å². The topological polar surface area (TPSA) is 26.3 Å². The average molecular weight is 581 g/mol. The molecule has 0 aromatic rings. The van der Waals surface area contributed by atoms with E-state index in [2.05, 4.69) is 27.9 Å². The summed E-state index contributed by atoms with van der Waals surface area (Å²) in [5, 5.41) is 0. The van der Waals surface area contributed by atoms with Crippen molar-refractivity contribution in [3.8, 4) is 0 Å². The molecule has 3 nitrogen and oxygen atoms in total. The zero-order chi connectivity index (χ0) is 30.1. The van der Waals surface area contributed by atoms with Gasteiger partial charge >= 0.3 is 5.97 Å². The Morgan fingerprint density at radius 3 is 1.05 bits per heavy atom. The summed E-state index contributed by atoms with van der Waals surface area (Å²) in [7, 11) is 4.56. The van der Waals surface area contributed by atoms with Crippen LogP contribution in [0.5, 0.6) is 0 Å². The summed E-state index contributed by atoms with van der Waals surface area (Å²) in [6.07, 6.45) is 40.7. The molecule has 0 spiro atoms. The van der Waals surface area contributed by atoms with Gasteiger partial charge in [0.2, 0.25) is 0 Å². The van der Waals surface area contributed by atoms with Crippen molar-refractivity contribution in [2.75, 3.05) is 33.8 Å². The molecular weight excluding hydrogens is 502 g/mol. The van der Waals surface area contributed by atoms with Gasteiger partial charge in [0.15, 0.2) is 0 Å². The number of quaternary nitrogens is 1. The Kier molecular flexibility index (Phi) is 31.9. The molecule has 246 valence electrons. The first-order chi connectivity index (χ1) is 20.0. The lowest BCUT2D eigenvalue weighted by Crippen LogP contribution is -2.43. The maximum atomic E-state index is 12.1. The first-order valence-electron chi connectivity index (χ1n) is 19.0. The largest absolute Gasteiger partial charge is 0.460 e. The quantitative estimate of drug-likeness (QED) is 0.0430. The van der Waals surface area contributed by atoms with Crippen molar-refractivity contribution >= 4 is 5.97 Å². The molecule has 0 fully saturated rings. The van der Waals surface area contributed by atoms with Crippen molar-refractivity contribution in [2.45, 2.75) is 206 Å². The molecule has 0 unspecified atom stereocenters. The van der Waals surface area contributed by atoms with Crippen molar-refractivity contribution in [1.29, 1.82) is 0 Å². The number of hydrogen-bond acceptors (Lipinski definition) is 2. The van der Waals surface area contributed by atoms with Crippen LogP contribution in [0.3, 0.4) is 0 Å². The van der Waals surface area contributed by atoms with E-state index in [1.54, 1.807) is 0 Å². The lowest BCUT2D eigenvalue weighted by atomic mass is 10.0. The third kappa shape index (κ3) is 33.8. The smallest absolute Gasteiger partial charge is 0.305 e. The number of carbonyl (C=O) groups excluding carboxylic acids is 1. The molecule has 0 aliphatic heterocycles. The SMILES string of the molecule is CCCCCCCCCCCCCCCCCC(=O)OCC[N+](C)(C)CCCCCCCCCCCCCCCC. The van der Waals surface area contributed by atoms with E-state index in [4.69, 9.17) is 4.74 Å². The number of likely N-dealkylation sites (N-methyl/N-ethyl adjacent to an activating group) is 1. The van der Waals surface area contributed by atoms with Crippen LogP contribution in [0.1, 0.15) is 206 Å². The Morgan fingerprint density at radius 1 is 0.415 bits per heavy atom. The number of ether oxygens (including phenoxy) is 1. The second-order valence-electron chi connectivity index (χ2n) is 13.9. The molecule has 0 N–H and O–H groups in total. The van der Waals surface area contributed by atoms with E-state index in [0.29, 0.717) is 13.0 Å². The van der Waals surface area contributed by atoms with Gasteiger partial charge in [0.05, 0.1) is 20.6 Å². The van der Waals surface area contributed by atoms with Crippen molar-refractivity contribution in [3.63, 3.8) is 0 Å². The summed E-state index contributed by atoms with van der Waals surface area (Å²) in [6, 6.07) is 0. The van der Waals surface area contributed by atoms with Crippen LogP contribution in [-0.4, -0.2) is 44.2 Å². The molecule has 0 saturated heterocycles. The average Bonchev–Trinajstić information content (AvgIpc) is 2.95. The van der Waals surface area contributed by atoms with Gasteiger partial charge in [-0.2, -0.15) is 0 Å². The standard InChI is InChI=1S/C38H78NO2/c1-5-7-9-11-13-15-17-19-21-22-24-26-28-30-32-34-38(40)41-37-36-39(3,4)35-33-31-29-27-25-23-20-18-16-14-12-10-8-6-2/h5-37H2,1-4H3/q+1. The molecule has 0 rings (SSSR count). The van der Waals surface area contributed by atoms with Crippen LogP contribution >= 0.6 is 0 Å². The zero-order valence-electron chi connectivity index (χ0n) is 29.1. The van der Waals surface area contributed by atoms with Crippen LogP contribution in [-0.2, 0) is 9.53 Å². The van der Waals surface area contributed by atoms with E-state index in [9.17, 15) is 4.79 Å². The van der Waals surface area contributed by atoms with Crippen molar-refractivity contribution in [3.05, 3.63) is 0 Å². The minimum absolute atomic E-state index is 0.0104. The van der Waals surface area contributed by atoms with E-state index >= 15 is 0 Å². The highest BCUT2D eigenvalue weighted by Crippen LogP contribution is 2.15. The van der Waals surface area contributed by atoms with E-state index in [1.165, 1.54) is 186 Å². The number of rotatable bonds is 34. The second kappa shape index (κ2) is 32.3. The Hall–Kier alpha value is -0.570. The molecule has 0 aliphatic rings. The summed E-state index contributed by atoms with van der Waals surface area (Å²) in [5.74, 6) is 0.0104. The molecule has 41 heavy (non-hydrogen) atoms. The van der Waals surface area contributed by atoms with Gasteiger partial charge in [-0.1, -0.05) is 181 Å². The summed E-state index contributed by atoms with van der Waals surface area (Å²) < 4.78 is 6.53. The first kappa shape index (κ1) is 40.4. The summed E-state index contributed by atoms with van der Waals surface area (Å²) in [4.78, 5) is 12.1. The number of nitrogens with zero attached hydrogens (tertiary/aromatic N) is 1. The molecule has 0 heterocycles.